The smallest absolute Gasteiger partial charge is 0.329 e. The number of nitrogens with one attached hydrogen (secondary N) is 1. The standard InChI is InChI=1S/C13H11NO2/c15-13(16)8-9-14-12-7-3-5-10-4-1-2-6-11(10)12/h1-9,14H,(H,15,16). The number of carboxylic acid groups (broad SMARTS) is 1. The Hall–Kier alpha value is -2.29. The molecule has 0 fully saturated rings. The maximum atomic E-state index is 10.3. The van der Waals surface area contributed by atoms with Crippen molar-refractivity contribution >= 4 is 22.4 Å². The Kier molecular flexibility index (Phi) is 2.87. The number of benzene rings is 2. The van der Waals surface area contributed by atoms with Gasteiger partial charge in [-0.25, -0.2) is 4.79 Å². The Balaban J connectivity index is 2.34. The molecule has 0 aliphatic heterocycles. The molecule has 2 aromatic carbocycles. The third kappa shape index (κ3) is 2.20. The summed E-state index contributed by atoms with van der Waals surface area (Å²) in [6, 6.07) is 13.8. The van der Waals surface area contributed by atoms with Gasteiger partial charge in [0.15, 0.2) is 0 Å². The Morgan fingerprint density at radius 1 is 1.12 bits per heavy atom. The fraction of sp³-hybridized carbons (Fsp3) is 0. The first-order valence-corrected chi connectivity index (χ1v) is 4.91. The predicted molar refractivity (Wildman–Crippen MR) is 64.3 cm³/mol. The van der Waals surface area contributed by atoms with Crippen molar-refractivity contribution in [2.24, 2.45) is 0 Å². The van der Waals surface area contributed by atoms with Crippen LogP contribution >= 0.6 is 0 Å². The van der Waals surface area contributed by atoms with E-state index >= 15 is 0 Å². The van der Waals surface area contributed by atoms with Crippen LogP contribution in [-0.2, 0) is 4.79 Å². The summed E-state index contributed by atoms with van der Waals surface area (Å²) in [4.78, 5) is 10.3. The van der Waals surface area contributed by atoms with Gasteiger partial charge in [0.1, 0.15) is 0 Å². The fourth-order valence-corrected chi connectivity index (χ4v) is 1.55. The summed E-state index contributed by atoms with van der Waals surface area (Å²) in [6.07, 6.45) is 2.49. The first-order chi connectivity index (χ1) is 7.77. The van der Waals surface area contributed by atoms with Crippen LogP contribution in [0.4, 0.5) is 5.69 Å². The van der Waals surface area contributed by atoms with Gasteiger partial charge in [-0.15, -0.1) is 0 Å². The first-order valence-electron chi connectivity index (χ1n) is 4.91. The van der Waals surface area contributed by atoms with Crippen molar-refractivity contribution in [1.29, 1.82) is 0 Å². The van der Waals surface area contributed by atoms with Crippen molar-refractivity contribution in [2.45, 2.75) is 0 Å². The zero-order valence-electron chi connectivity index (χ0n) is 8.55. The minimum atomic E-state index is -0.965. The van der Waals surface area contributed by atoms with E-state index in [0.29, 0.717) is 0 Å². The second kappa shape index (κ2) is 4.49. The lowest BCUT2D eigenvalue weighted by Crippen LogP contribution is -1.92. The molecule has 0 amide bonds. The number of carboxylic acids is 1. The number of carbonyl (C=O) groups is 1. The highest BCUT2D eigenvalue weighted by atomic mass is 16.4. The molecule has 2 N–H and O–H groups in total. The van der Waals surface area contributed by atoms with Crippen molar-refractivity contribution in [1.82, 2.24) is 0 Å². The van der Waals surface area contributed by atoms with Crippen LogP contribution in [0.2, 0.25) is 0 Å². The maximum absolute atomic E-state index is 10.3. The van der Waals surface area contributed by atoms with E-state index in [1.54, 1.807) is 0 Å². The van der Waals surface area contributed by atoms with E-state index in [4.69, 9.17) is 5.11 Å². The molecule has 3 nitrogen and oxygen atoms in total. The number of hydrogen-bond acceptors (Lipinski definition) is 2. The monoisotopic (exact) mass is 213 g/mol. The van der Waals surface area contributed by atoms with Crippen LogP contribution in [0.3, 0.4) is 0 Å². The molecular formula is C13H11NO2. The SMILES string of the molecule is O=C(O)C=CNc1cccc2ccccc12. The molecule has 0 radical (unpaired) electrons. The predicted octanol–water partition coefficient (Wildman–Crippen LogP) is 2.85. The summed E-state index contributed by atoms with van der Waals surface area (Å²) in [6.45, 7) is 0. The summed E-state index contributed by atoms with van der Waals surface area (Å²) >= 11 is 0. The molecule has 0 unspecified atom stereocenters. The number of fused-ring (bicyclic) bond motifs is 1. The molecule has 0 spiro atoms. The molecule has 3 heteroatoms. The Morgan fingerprint density at radius 3 is 2.69 bits per heavy atom. The minimum absolute atomic E-state index is 0.899. The number of hydrogen-bond donors (Lipinski definition) is 2. The molecule has 0 aliphatic rings. The highest BCUT2D eigenvalue weighted by Crippen LogP contribution is 2.22. The molecule has 2 aromatic rings. The lowest BCUT2D eigenvalue weighted by atomic mass is 10.1. The second-order valence-electron chi connectivity index (χ2n) is 3.34. The third-order valence-electron chi connectivity index (χ3n) is 2.25. The molecule has 0 aromatic heterocycles. The van der Waals surface area contributed by atoms with Crippen LogP contribution in [0.15, 0.2) is 54.7 Å². The Labute approximate surface area is 93.0 Å². The molecule has 16 heavy (non-hydrogen) atoms. The Morgan fingerprint density at radius 2 is 1.88 bits per heavy atom. The van der Waals surface area contributed by atoms with Crippen molar-refractivity contribution < 1.29 is 9.90 Å². The van der Waals surface area contributed by atoms with Crippen LogP contribution in [0, 0.1) is 0 Å². The fourth-order valence-electron chi connectivity index (χ4n) is 1.55. The third-order valence-corrected chi connectivity index (χ3v) is 2.25. The zero-order chi connectivity index (χ0) is 11.4. The van der Waals surface area contributed by atoms with Gasteiger partial charge >= 0.3 is 5.97 Å². The topological polar surface area (TPSA) is 49.3 Å². The zero-order valence-corrected chi connectivity index (χ0v) is 8.55. The van der Waals surface area contributed by atoms with E-state index in [1.807, 2.05) is 42.5 Å². The van der Waals surface area contributed by atoms with Crippen molar-refractivity contribution in [3.8, 4) is 0 Å². The average Bonchev–Trinajstić information content (AvgIpc) is 2.29. The lowest BCUT2D eigenvalue weighted by Gasteiger charge is -2.05. The normalized spacial score (nSPS) is 10.8. The highest BCUT2D eigenvalue weighted by Gasteiger charge is 1.97. The summed E-state index contributed by atoms with van der Waals surface area (Å²) in [5.74, 6) is -0.965. The molecule has 0 aliphatic carbocycles. The van der Waals surface area contributed by atoms with Gasteiger partial charge in [0.2, 0.25) is 0 Å². The van der Waals surface area contributed by atoms with Gasteiger partial charge in [0.05, 0.1) is 0 Å². The number of anilines is 1. The van der Waals surface area contributed by atoms with Crippen molar-refractivity contribution in [3.63, 3.8) is 0 Å². The van der Waals surface area contributed by atoms with E-state index in [1.165, 1.54) is 6.20 Å². The molecule has 0 atom stereocenters. The number of aliphatic carboxylic acids is 1. The summed E-state index contributed by atoms with van der Waals surface area (Å²) in [7, 11) is 0. The van der Waals surface area contributed by atoms with E-state index < -0.39 is 5.97 Å². The van der Waals surface area contributed by atoms with Gasteiger partial charge in [-0.3, -0.25) is 0 Å². The van der Waals surface area contributed by atoms with Gasteiger partial charge in [-0.05, 0) is 11.5 Å². The first kappa shape index (κ1) is 10.2. The summed E-state index contributed by atoms with van der Waals surface area (Å²) in [5, 5.41) is 13.6. The van der Waals surface area contributed by atoms with Gasteiger partial charge in [0.25, 0.3) is 0 Å². The van der Waals surface area contributed by atoms with E-state index in [2.05, 4.69) is 5.32 Å². The molecular weight excluding hydrogens is 202 g/mol. The van der Waals surface area contributed by atoms with E-state index in [9.17, 15) is 4.79 Å². The van der Waals surface area contributed by atoms with Crippen LogP contribution in [0.1, 0.15) is 0 Å². The quantitative estimate of drug-likeness (QED) is 0.771. The van der Waals surface area contributed by atoms with Crippen LogP contribution < -0.4 is 5.32 Å². The minimum Gasteiger partial charge on any atom is -0.478 e. The van der Waals surface area contributed by atoms with Crippen LogP contribution in [0.25, 0.3) is 10.8 Å². The molecule has 0 saturated heterocycles. The summed E-state index contributed by atoms with van der Waals surface area (Å²) in [5.41, 5.74) is 0.899. The largest absolute Gasteiger partial charge is 0.478 e. The molecule has 80 valence electrons. The molecule has 0 bridgehead atoms. The maximum Gasteiger partial charge on any atom is 0.329 e. The second-order valence-corrected chi connectivity index (χ2v) is 3.34. The van der Waals surface area contributed by atoms with E-state index in [-0.39, 0.29) is 0 Å². The number of rotatable bonds is 3. The molecule has 0 heterocycles. The van der Waals surface area contributed by atoms with E-state index in [0.717, 1.165) is 22.5 Å². The van der Waals surface area contributed by atoms with Crippen molar-refractivity contribution in [3.05, 3.63) is 54.7 Å². The van der Waals surface area contributed by atoms with Gasteiger partial charge in [0, 0.05) is 23.3 Å². The highest BCUT2D eigenvalue weighted by molar-refractivity contribution is 5.94. The van der Waals surface area contributed by atoms with Crippen LogP contribution in [-0.4, -0.2) is 11.1 Å². The van der Waals surface area contributed by atoms with Gasteiger partial charge in [-0.2, -0.15) is 0 Å². The molecule has 2 rings (SSSR count). The van der Waals surface area contributed by atoms with Gasteiger partial charge in [-0.1, -0.05) is 36.4 Å². The Bertz CT molecular complexity index is 541. The van der Waals surface area contributed by atoms with Crippen LogP contribution in [0.5, 0.6) is 0 Å². The summed E-state index contributed by atoms with van der Waals surface area (Å²) < 4.78 is 0. The lowest BCUT2D eigenvalue weighted by molar-refractivity contribution is -0.131. The van der Waals surface area contributed by atoms with Gasteiger partial charge < -0.3 is 10.4 Å². The molecule has 0 saturated carbocycles. The average molecular weight is 213 g/mol. The van der Waals surface area contributed by atoms with Crippen molar-refractivity contribution in [2.75, 3.05) is 5.32 Å².